The van der Waals surface area contributed by atoms with Gasteiger partial charge in [-0.1, -0.05) is 24.8 Å². The molecule has 2 aromatic heterocycles. The number of fused-ring (bicyclic) bond motifs is 1. The number of rotatable bonds is 4. The van der Waals surface area contributed by atoms with E-state index in [1.807, 2.05) is 22.8 Å². The Balaban J connectivity index is 1.62. The third-order valence-corrected chi connectivity index (χ3v) is 5.18. The van der Waals surface area contributed by atoms with Crippen LogP contribution in [0.2, 0.25) is 0 Å². The Bertz CT molecular complexity index is 888. The molecule has 1 aliphatic rings. The molecule has 4 heteroatoms. The topological polar surface area (TPSA) is 33.4 Å². The summed E-state index contributed by atoms with van der Waals surface area (Å²) >= 11 is 0. The van der Waals surface area contributed by atoms with Crippen LogP contribution in [0.5, 0.6) is 0 Å². The first-order valence-electron chi connectivity index (χ1n) is 8.98. The van der Waals surface area contributed by atoms with E-state index >= 15 is 0 Å². The number of nitrogens with zero attached hydrogens (tertiary/aromatic N) is 4. The number of benzene rings is 1. The van der Waals surface area contributed by atoms with Gasteiger partial charge in [0.1, 0.15) is 0 Å². The summed E-state index contributed by atoms with van der Waals surface area (Å²) in [7, 11) is 2.21. The highest BCUT2D eigenvalue weighted by molar-refractivity contribution is 5.64. The lowest BCUT2D eigenvalue weighted by molar-refractivity contribution is 0.219. The van der Waals surface area contributed by atoms with Crippen LogP contribution in [0.15, 0.2) is 49.2 Å². The van der Waals surface area contributed by atoms with E-state index in [1.54, 1.807) is 6.08 Å². The third-order valence-electron chi connectivity index (χ3n) is 5.18. The molecule has 3 heterocycles. The van der Waals surface area contributed by atoms with Crippen LogP contribution in [0.4, 0.5) is 0 Å². The van der Waals surface area contributed by atoms with E-state index in [2.05, 4.69) is 52.9 Å². The highest BCUT2D eigenvalue weighted by Gasteiger charge is 2.17. The van der Waals surface area contributed by atoms with Gasteiger partial charge in [0.25, 0.3) is 0 Å². The molecule has 0 aliphatic carbocycles. The minimum atomic E-state index is 0.791. The molecule has 4 rings (SSSR count). The summed E-state index contributed by atoms with van der Waals surface area (Å²) in [4.78, 5) is 6.91. The zero-order valence-electron chi connectivity index (χ0n) is 14.7. The first kappa shape index (κ1) is 16.0. The monoisotopic (exact) mass is 332 g/mol. The minimum absolute atomic E-state index is 0.791. The zero-order chi connectivity index (χ0) is 17.2. The van der Waals surface area contributed by atoms with Gasteiger partial charge < -0.3 is 4.90 Å². The predicted molar refractivity (Wildman–Crippen MR) is 102 cm³/mol. The maximum atomic E-state index is 4.61. The van der Waals surface area contributed by atoms with Crippen molar-refractivity contribution in [2.75, 3.05) is 20.1 Å². The number of piperidine rings is 1. The standard InChI is InChI=1S/C21H24N4/c1-3-19-7-8-21-22-15-20(25(21)23-19)18-6-4-5-17(14-18)13-16-9-11-24(2)12-10-16/h3-8,14-16H,1,9-13H2,2H3. The second-order valence-electron chi connectivity index (χ2n) is 7.03. The molecule has 0 saturated carbocycles. The SMILES string of the molecule is C=Cc1ccc2ncc(-c3cccc(CC4CCN(C)CC4)c3)n2n1. The molecule has 128 valence electrons. The van der Waals surface area contributed by atoms with Crippen molar-refractivity contribution in [1.29, 1.82) is 0 Å². The molecule has 1 saturated heterocycles. The largest absolute Gasteiger partial charge is 0.306 e. The summed E-state index contributed by atoms with van der Waals surface area (Å²) in [6.07, 6.45) is 7.41. The van der Waals surface area contributed by atoms with Crippen molar-refractivity contribution in [3.05, 3.63) is 60.4 Å². The number of aromatic nitrogens is 3. The number of likely N-dealkylation sites (tertiary alicyclic amines) is 1. The van der Waals surface area contributed by atoms with E-state index in [1.165, 1.54) is 37.1 Å². The molecular weight excluding hydrogens is 308 g/mol. The molecule has 1 fully saturated rings. The van der Waals surface area contributed by atoms with Gasteiger partial charge >= 0.3 is 0 Å². The van der Waals surface area contributed by atoms with Crippen LogP contribution in [0.25, 0.3) is 23.0 Å². The van der Waals surface area contributed by atoms with Crippen LogP contribution < -0.4 is 0 Å². The zero-order valence-corrected chi connectivity index (χ0v) is 14.7. The number of hydrogen-bond acceptors (Lipinski definition) is 3. The number of hydrogen-bond donors (Lipinski definition) is 0. The average molecular weight is 332 g/mol. The second kappa shape index (κ2) is 6.81. The van der Waals surface area contributed by atoms with Gasteiger partial charge in [-0.15, -0.1) is 0 Å². The van der Waals surface area contributed by atoms with Crippen LogP contribution in [0.3, 0.4) is 0 Å². The van der Waals surface area contributed by atoms with Crippen LogP contribution >= 0.6 is 0 Å². The van der Waals surface area contributed by atoms with Gasteiger partial charge in [0, 0.05) is 5.56 Å². The molecule has 3 aromatic rings. The maximum Gasteiger partial charge on any atom is 0.154 e. The van der Waals surface area contributed by atoms with E-state index in [9.17, 15) is 0 Å². The second-order valence-corrected chi connectivity index (χ2v) is 7.03. The summed E-state index contributed by atoms with van der Waals surface area (Å²) in [5.74, 6) is 0.791. The van der Waals surface area contributed by atoms with Gasteiger partial charge in [-0.3, -0.25) is 0 Å². The Morgan fingerprint density at radius 2 is 2.04 bits per heavy atom. The molecular formula is C21H24N4. The predicted octanol–water partition coefficient (Wildman–Crippen LogP) is 3.92. The lowest BCUT2D eigenvalue weighted by atomic mass is 9.90. The van der Waals surface area contributed by atoms with Crippen molar-refractivity contribution in [1.82, 2.24) is 19.5 Å². The van der Waals surface area contributed by atoms with Crippen LogP contribution in [-0.2, 0) is 6.42 Å². The van der Waals surface area contributed by atoms with Crippen LogP contribution in [-0.4, -0.2) is 39.6 Å². The molecule has 1 aromatic carbocycles. The van der Waals surface area contributed by atoms with Gasteiger partial charge in [-0.2, -0.15) is 5.10 Å². The van der Waals surface area contributed by atoms with Gasteiger partial charge in [-0.05, 0) is 75.2 Å². The van der Waals surface area contributed by atoms with Crippen molar-refractivity contribution in [2.24, 2.45) is 5.92 Å². The molecule has 0 N–H and O–H groups in total. The van der Waals surface area contributed by atoms with E-state index in [-0.39, 0.29) is 0 Å². The van der Waals surface area contributed by atoms with Gasteiger partial charge in [-0.25, -0.2) is 9.50 Å². The summed E-state index contributed by atoms with van der Waals surface area (Å²) in [6, 6.07) is 12.8. The Morgan fingerprint density at radius 1 is 1.20 bits per heavy atom. The van der Waals surface area contributed by atoms with Crippen molar-refractivity contribution >= 4 is 11.7 Å². The van der Waals surface area contributed by atoms with E-state index in [0.29, 0.717) is 0 Å². The number of imidazole rings is 1. The van der Waals surface area contributed by atoms with Crippen molar-refractivity contribution in [3.63, 3.8) is 0 Å². The van der Waals surface area contributed by atoms with Crippen molar-refractivity contribution in [2.45, 2.75) is 19.3 Å². The van der Waals surface area contributed by atoms with Crippen LogP contribution in [0, 0.1) is 5.92 Å². The fraction of sp³-hybridized carbons (Fsp3) is 0.333. The normalized spacial score (nSPS) is 16.4. The lowest BCUT2D eigenvalue weighted by Gasteiger charge is -2.29. The highest BCUT2D eigenvalue weighted by Crippen LogP contribution is 2.25. The third kappa shape index (κ3) is 3.35. The maximum absolute atomic E-state index is 4.61. The Kier molecular flexibility index (Phi) is 4.36. The fourth-order valence-electron chi connectivity index (χ4n) is 3.65. The van der Waals surface area contributed by atoms with E-state index in [4.69, 9.17) is 0 Å². The Hall–Kier alpha value is -2.46. The van der Waals surface area contributed by atoms with Gasteiger partial charge in [0.2, 0.25) is 0 Å². The average Bonchev–Trinajstić information content (AvgIpc) is 3.07. The van der Waals surface area contributed by atoms with Crippen molar-refractivity contribution in [3.8, 4) is 11.3 Å². The summed E-state index contributed by atoms with van der Waals surface area (Å²) in [6.45, 7) is 6.24. The summed E-state index contributed by atoms with van der Waals surface area (Å²) in [5, 5.41) is 4.61. The quantitative estimate of drug-likeness (QED) is 0.726. The van der Waals surface area contributed by atoms with E-state index < -0.39 is 0 Å². The fourth-order valence-corrected chi connectivity index (χ4v) is 3.65. The molecule has 0 spiro atoms. The highest BCUT2D eigenvalue weighted by atomic mass is 15.3. The van der Waals surface area contributed by atoms with Crippen LogP contribution in [0.1, 0.15) is 24.1 Å². The Labute approximate surface area is 148 Å². The smallest absolute Gasteiger partial charge is 0.154 e. The molecule has 1 aliphatic heterocycles. The Morgan fingerprint density at radius 3 is 2.84 bits per heavy atom. The molecule has 0 unspecified atom stereocenters. The van der Waals surface area contributed by atoms with Gasteiger partial charge in [0.15, 0.2) is 5.65 Å². The first-order chi connectivity index (χ1) is 12.2. The molecule has 25 heavy (non-hydrogen) atoms. The van der Waals surface area contributed by atoms with Crippen molar-refractivity contribution < 1.29 is 0 Å². The summed E-state index contributed by atoms with van der Waals surface area (Å²) in [5.41, 5.74) is 5.33. The minimum Gasteiger partial charge on any atom is -0.306 e. The molecule has 0 radical (unpaired) electrons. The molecule has 4 nitrogen and oxygen atoms in total. The molecule has 0 amide bonds. The van der Waals surface area contributed by atoms with Gasteiger partial charge in [0.05, 0.1) is 17.6 Å². The first-order valence-corrected chi connectivity index (χ1v) is 8.98. The summed E-state index contributed by atoms with van der Waals surface area (Å²) < 4.78 is 1.91. The molecule has 0 atom stereocenters. The van der Waals surface area contributed by atoms with E-state index in [0.717, 1.165) is 29.4 Å². The lowest BCUT2D eigenvalue weighted by Crippen LogP contribution is -2.30. The molecule has 0 bridgehead atoms.